The van der Waals surface area contributed by atoms with Crippen molar-refractivity contribution in [2.45, 2.75) is 57.4 Å². The van der Waals surface area contributed by atoms with Crippen LogP contribution in [0.2, 0.25) is 0 Å². The molecule has 134 valence electrons. The first kappa shape index (κ1) is 17.5. The molecule has 1 heterocycles. The molecule has 5 heteroatoms. The number of methoxy groups -OCH3 is 1. The molecule has 2 aromatic rings. The maximum Gasteiger partial charge on any atom is 0.272 e. The smallest absolute Gasteiger partial charge is 0.272 e. The van der Waals surface area contributed by atoms with E-state index >= 15 is 0 Å². The molecule has 5 nitrogen and oxygen atoms in total. The summed E-state index contributed by atoms with van der Waals surface area (Å²) >= 11 is 0. The van der Waals surface area contributed by atoms with Gasteiger partial charge in [0.2, 0.25) is 0 Å². The van der Waals surface area contributed by atoms with Crippen molar-refractivity contribution < 1.29 is 9.53 Å². The van der Waals surface area contributed by atoms with Crippen LogP contribution in [0.25, 0.3) is 0 Å². The van der Waals surface area contributed by atoms with E-state index in [-0.39, 0.29) is 16.9 Å². The number of hydrogen-bond donors (Lipinski definition) is 2. The molecule has 0 atom stereocenters. The molecule has 0 spiro atoms. The maximum absolute atomic E-state index is 12.8. The highest BCUT2D eigenvalue weighted by molar-refractivity contribution is 5.93. The van der Waals surface area contributed by atoms with Crippen LogP contribution in [0, 0.1) is 0 Å². The van der Waals surface area contributed by atoms with E-state index in [1.54, 1.807) is 7.11 Å². The number of amides is 1. The highest BCUT2D eigenvalue weighted by Crippen LogP contribution is 2.40. The first-order chi connectivity index (χ1) is 11.8. The standard InChI is InChI=1S/C20H27N3O2/c1-19(2,3)17-13-16(22-23-17)18(24)21-20(10-5-6-11-20)14-8-7-9-15(12-14)25-4/h7-9,12-13H,5-6,10-11H2,1-4H3,(H,21,24)(H,22,23). The number of nitrogens with zero attached hydrogens (tertiary/aromatic N) is 1. The van der Waals surface area contributed by atoms with E-state index in [0.29, 0.717) is 5.69 Å². The number of ether oxygens (including phenoxy) is 1. The Morgan fingerprint density at radius 1 is 1.24 bits per heavy atom. The predicted molar refractivity (Wildman–Crippen MR) is 97.9 cm³/mol. The van der Waals surface area contributed by atoms with Gasteiger partial charge in [-0.3, -0.25) is 9.89 Å². The summed E-state index contributed by atoms with van der Waals surface area (Å²) in [5, 5.41) is 10.5. The minimum atomic E-state index is -0.341. The second kappa shape index (κ2) is 6.54. The fraction of sp³-hybridized carbons (Fsp3) is 0.500. The second-order valence-corrected chi connectivity index (χ2v) is 7.89. The van der Waals surface area contributed by atoms with Crippen molar-refractivity contribution in [2.24, 2.45) is 0 Å². The molecule has 1 aromatic carbocycles. The maximum atomic E-state index is 12.8. The van der Waals surface area contributed by atoms with Crippen molar-refractivity contribution in [3.63, 3.8) is 0 Å². The lowest BCUT2D eigenvalue weighted by Gasteiger charge is -2.31. The third-order valence-corrected chi connectivity index (χ3v) is 5.05. The van der Waals surface area contributed by atoms with Crippen molar-refractivity contribution in [1.29, 1.82) is 0 Å². The van der Waals surface area contributed by atoms with E-state index in [9.17, 15) is 4.79 Å². The fourth-order valence-corrected chi connectivity index (χ4v) is 3.49. The summed E-state index contributed by atoms with van der Waals surface area (Å²) in [6.07, 6.45) is 4.07. The molecule has 1 saturated carbocycles. The molecule has 0 unspecified atom stereocenters. The summed E-state index contributed by atoms with van der Waals surface area (Å²) in [4.78, 5) is 12.8. The van der Waals surface area contributed by atoms with Gasteiger partial charge in [0.1, 0.15) is 11.4 Å². The van der Waals surface area contributed by atoms with Crippen LogP contribution in [-0.4, -0.2) is 23.2 Å². The van der Waals surface area contributed by atoms with Crippen LogP contribution >= 0.6 is 0 Å². The summed E-state index contributed by atoms with van der Waals surface area (Å²) in [7, 11) is 1.66. The van der Waals surface area contributed by atoms with Crippen molar-refractivity contribution in [3.8, 4) is 5.75 Å². The van der Waals surface area contributed by atoms with Crippen LogP contribution in [0.1, 0.15) is 68.2 Å². The van der Waals surface area contributed by atoms with Gasteiger partial charge in [-0.05, 0) is 36.6 Å². The summed E-state index contributed by atoms with van der Waals surface area (Å²) in [5.41, 5.74) is 2.10. The van der Waals surface area contributed by atoms with Crippen LogP contribution in [0.4, 0.5) is 0 Å². The third kappa shape index (κ3) is 3.55. The second-order valence-electron chi connectivity index (χ2n) is 7.89. The quantitative estimate of drug-likeness (QED) is 0.886. The lowest BCUT2D eigenvalue weighted by Crippen LogP contribution is -2.44. The zero-order valence-electron chi connectivity index (χ0n) is 15.5. The van der Waals surface area contributed by atoms with Gasteiger partial charge in [0, 0.05) is 11.1 Å². The molecule has 1 aliphatic rings. The first-order valence-corrected chi connectivity index (χ1v) is 8.87. The van der Waals surface area contributed by atoms with Crippen molar-refractivity contribution in [2.75, 3.05) is 7.11 Å². The van der Waals surface area contributed by atoms with Gasteiger partial charge in [-0.1, -0.05) is 45.7 Å². The molecule has 1 aliphatic carbocycles. The Morgan fingerprint density at radius 3 is 2.56 bits per heavy atom. The number of H-pyrrole nitrogens is 1. The van der Waals surface area contributed by atoms with Crippen LogP contribution in [0.3, 0.4) is 0 Å². The Kier molecular flexibility index (Phi) is 4.58. The Balaban J connectivity index is 1.86. The molecule has 0 aliphatic heterocycles. The monoisotopic (exact) mass is 341 g/mol. The van der Waals surface area contributed by atoms with Gasteiger partial charge in [-0.15, -0.1) is 0 Å². The van der Waals surface area contributed by atoms with E-state index in [4.69, 9.17) is 4.74 Å². The molecule has 1 aromatic heterocycles. The summed E-state index contributed by atoms with van der Waals surface area (Å²) < 4.78 is 5.36. The Labute approximate surface area is 149 Å². The van der Waals surface area contributed by atoms with Gasteiger partial charge in [-0.25, -0.2) is 0 Å². The SMILES string of the molecule is COc1cccc(C2(NC(=O)c3cc(C(C)(C)C)[nH]n3)CCCC2)c1. The lowest BCUT2D eigenvalue weighted by molar-refractivity contribution is 0.0892. The van der Waals surface area contributed by atoms with E-state index in [1.807, 2.05) is 24.3 Å². The van der Waals surface area contributed by atoms with Crippen LogP contribution < -0.4 is 10.1 Å². The molecule has 1 fully saturated rings. The molecule has 2 N–H and O–H groups in total. The Bertz CT molecular complexity index is 752. The van der Waals surface area contributed by atoms with Crippen molar-refractivity contribution >= 4 is 5.91 Å². The highest BCUT2D eigenvalue weighted by atomic mass is 16.5. The van der Waals surface area contributed by atoms with Crippen LogP contribution in [0.5, 0.6) is 5.75 Å². The minimum absolute atomic E-state index is 0.0661. The largest absolute Gasteiger partial charge is 0.497 e. The van der Waals surface area contributed by atoms with Crippen molar-refractivity contribution in [3.05, 3.63) is 47.3 Å². The van der Waals surface area contributed by atoms with Crippen LogP contribution in [-0.2, 0) is 11.0 Å². The molecular weight excluding hydrogens is 314 g/mol. The number of carbonyl (C=O) groups is 1. The zero-order valence-corrected chi connectivity index (χ0v) is 15.5. The number of carbonyl (C=O) groups excluding carboxylic acids is 1. The number of nitrogens with one attached hydrogen (secondary N) is 2. The van der Waals surface area contributed by atoms with Gasteiger partial charge in [0.25, 0.3) is 5.91 Å². The average Bonchev–Trinajstić information content (AvgIpc) is 3.24. The Hall–Kier alpha value is -2.30. The van der Waals surface area contributed by atoms with Gasteiger partial charge < -0.3 is 10.1 Å². The number of hydrogen-bond acceptors (Lipinski definition) is 3. The lowest BCUT2D eigenvalue weighted by atomic mass is 9.87. The topological polar surface area (TPSA) is 67.0 Å². The van der Waals surface area contributed by atoms with E-state index in [0.717, 1.165) is 42.7 Å². The molecule has 0 bridgehead atoms. The van der Waals surface area contributed by atoms with Gasteiger partial charge in [0.05, 0.1) is 12.6 Å². The first-order valence-electron chi connectivity index (χ1n) is 8.87. The molecule has 3 rings (SSSR count). The third-order valence-electron chi connectivity index (χ3n) is 5.05. The van der Waals surface area contributed by atoms with Gasteiger partial charge in [-0.2, -0.15) is 5.10 Å². The zero-order chi connectivity index (χ0) is 18.1. The Morgan fingerprint density at radius 2 is 1.96 bits per heavy atom. The minimum Gasteiger partial charge on any atom is -0.497 e. The van der Waals surface area contributed by atoms with Crippen LogP contribution in [0.15, 0.2) is 30.3 Å². The number of benzene rings is 1. The molecular formula is C20H27N3O2. The average molecular weight is 341 g/mol. The molecule has 1 amide bonds. The molecule has 0 radical (unpaired) electrons. The number of aromatic nitrogens is 2. The molecule has 25 heavy (non-hydrogen) atoms. The summed E-state index contributed by atoms with van der Waals surface area (Å²) in [6.45, 7) is 6.28. The predicted octanol–water partition coefficient (Wildman–Crippen LogP) is 3.92. The van der Waals surface area contributed by atoms with Gasteiger partial charge >= 0.3 is 0 Å². The van der Waals surface area contributed by atoms with E-state index in [2.05, 4.69) is 42.4 Å². The highest BCUT2D eigenvalue weighted by Gasteiger charge is 2.38. The van der Waals surface area contributed by atoms with Crippen molar-refractivity contribution in [1.82, 2.24) is 15.5 Å². The summed E-state index contributed by atoms with van der Waals surface area (Å²) in [5.74, 6) is 0.685. The summed E-state index contributed by atoms with van der Waals surface area (Å²) in [6, 6.07) is 9.85. The number of aromatic amines is 1. The van der Waals surface area contributed by atoms with Gasteiger partial charge in [0.15, 0.2) is 0 Å². The normalized spacial score (nSPS) is 16.6. The van der Waals surface area contributed by atoms with E-state index < -0.39 is 0 Å². The van der Waals surface area contributed by atoms with E-state index in [1.165, 1.54) is 0 Å². The number of rotatable bonds is 4. The molecule has 0 saturated heterocycles. The fourth-order valence-electron chi connectivity index (χ4n) is 3.49.